The predicted octanol–water partition coefficient (Wildman–Crippen LogP) is 5.26. The molecule has 3 aromatic rings. The number of nitrogens with zero attached hydrogens (tertiary/aromatic N) is 1. The van der Waals surface area contributed by atoms with Crippen molar-refractivity contribution in [3.8, 4) is 0 Å². The number of aryl methyl sites for hydroxylation is 1. The second-order valence-electron chi connectivity index (χ2n) is 6.65. The topological polar surface area (TPSA) is 20.3 Å². The Labute approximate surface area is 148 Å². The number of ketones is 1. The summed E-state index contributed by atoms with van der Waals surface area (Å²) < 4.78 is 0. The van der Waals surface area contributed by atoms with Crippen molar-refractivity contribution in [2.45, 2.75) is 25.4 Å². The Morgan fingerprint density at radius 1 is 0.760 bits per heavy atom. The van der Waals surface area contributed by atoms with Gasteiger partial charge in [0.1, 0.15) is 6.04 Å². The SMILES string of the molecule is Cc1ccc(N2[C@@H](c3ccccc3)CC(=O)[C@@H]2c2ccccc2)cc1. The summed E-state index contributed by atoms with van der Waals surface area (Å²) in [5, 5.41) is 0. The number of hydrogen-bond acceptors (Lipinski definition) is 2. The van der Waals surface area contributed by atoms with Crippen LogP contribution in [-0.4, -0.2) is 5.78 Å². The van der Waals surface area contributed by atoms with Crippen LogP contribution in [-0.2, 0) is 4.79 Å². The van der Waals surface area contributed by atoms with E-state index < -0.39 is 0 Å². The van der Waals surface area contributed by atoms with Crippen molar-refractivity contribution >= 4 is 11.5 Å². The Hall–Kier alpha value is -2.87. The highest BCUT2D eigenvalue weighted by atomic mass is 16.1. The highest BCUT2D eigenvalue weighted by molar-refractivity contribution is 5.93. The summed E-state index contributed by atoms with van der Waals surface area (Å²) in [6.07, 6.45) is 0.539. The molecule has 124 valence electrons. The number of rotatable bonds is 3. The van der Waals surface area contributed by atoms with Crippen molar-refractivity contribution in [1.29, 1.82) is 0 Å². The molecule has 4 rings (SSSR count). The third-order valence-corrected chi connectivity index (χ3v) is 4.95. The van der Waals surface area contributed by atoms with E-state index in [2.05, 4.69) is 60.4 Å². The van der Waals surface area contributed by atoms with Crippen LogP contribution in [0.3, 0.4) is 0 Å². The number of Topliss-reactive ketones (excluding diaryl/α,β-unsaturated/α-hetero) is 1. The summed E-state index contributed by atoms with van der Waals surface area (Å²) in [6, 6.07) is 28.8. The van der Waals surface area contributed by atoms with E-state index in [0.29, 0.717) is 6.42 Å². The Kier molecular flexibility index (Phi) is 4.10. The molecule has 1 heterocycles. The number of carbonyl (C=O) groups excluding carboxylic acids is 1. The van der Waals surface area contributed by atoms with Gasteiger partial charge < -0.3 is 4.90 Å². The molecular weight excluding hydrogens is 306 g/mol. The summed E-state index contributed by atoms with van der Waals surface area (Å²) in [5.41, 5.74) is 4.57. The molecule has 2 heteroatoms. The van der Waals surface area contributed by atoms with Gasteiger partial charge in [0.2, 0.25) is 0 Å². The molecule has 0 aromatic heterocycles. The summed E-state index contributed by atoms with van der Waals surface area (Å²) in [5.74, 6) is 0.278. The van der Waals surface area contributed by atoms with E-state index >= 15 is 0 Å². The molecule has 2 nitrogen and oxygen atoms in total. The Bertz CT molecular complexity index is 856. The Morgan fingerprint density at radius 2 is 1.32 bits per heavy atom. The van der Waals surface area contributed by atoms with Gasteiger partial charge in [-0.25, -0.2) is 0 Å². The highest BCUT2D eigenvalue weighted by Gasteiger charge is 2.41. The van der Waals surface area contributed by atoms with Crippen LogP contribution in [0.4, 0.5) is 5.69 Å². The predicted molar refractivity (Wildman–Crippen MR) is 102 cm³/mol. The van der Waals surface area contributed by atoms with Crippen molar-refractivity contribution < 1.29 is 4.79 Å². The average Bonchev–Trinajstić information content (AvgIpc) is 3.01. The smallest absolute Gasteiger partial charge is 0.162 e. The van der Waals surface area contributed by atoms with Crippen LogP contribution in [0.1, 0.15) is 35.2 Å². The molecule has 1 aliphatic heterocycles. The normalized spacial score (nSPS) is 20.0. The first-order valence-electron chi connectivity index (χ1n) is 8.71. The standard InChI is InChI=1S/C23H21NO/c1-17-12-14-20(15-13-17)24-21(18-8-4-2-5-9-18)16-22(25)23(24)19-10-6-3-7-11-19/h2-15,21,23H,16H2,1H3/t21-,23+/m1/s1. The minimum Gasteiger partial charge on any atom is -0.350 e. The van der Waals surface area contributed by atoms with Crippen LogP contribution in [0, 0.1) is 6.92 Å². The third-order valence-electron chi connectivity index (χ3n) is 4.95. The molecule has 1 saturated heterocycles. The van der Waals surface area contributed by atoms with Gasteiger partial charge in [0.15, 0.2) is 5.78 Å². The van der Waals surface area contributed by atoms with Crippen LogP contribution >= 0.6 is 0 Å². The van der Waals surface area contributed by atoms with Gasteiger partial charge in [-0.05, 0) is 30.2 Å². The molecule has 0 unspecified atom stereocenters. The third kappa shape index (κ3) is 2.96. The maximum absolute atomic E-state index is 13.0. The number of benzene rings is 3. The monoisotopic (exact) mass is 327 g/mol. The van der Waals surface area contributed by atoms with Gasteiger partial charge in [0, 0.05) is 12.1 Å². The first-order chi connectivity index (χ1) is 12.2. The van der Waals surface area contributed by atoms with E-state index in [1.807, 2.05) is 36.4 Å². The van der Waals surface area contributed by atoms with E-state index in [1.54, 1.807) is 0 Å². The van der Waals surface area contributed by atoms with Crippen LogP contribution in [0.5, 0.6) is 0 Å². The van der Waals surface area contributed by atoms with Gasteiger partial charge in [0.25, 0.3) is 0 Å². The molecule has 0 saturated carbocycles. The molecule has 1 fully saturated rings. The lowest BCUT2D eigenvalue weighted by atomic mass is 10.0. The largest absolute Gasteiger partial charge is 0.350 e. The van der Waals surface area contributed by atoms with E-state index in [9.17, 15) is 4.79 Å². The summed E-state index contributed by atoms with van der Waals surface area (Å²) >= 11 is 0. The Balaban J connectivity index is 1.83. The second-order valence-corrected chi connectivity index (χ2v) is 6.65. The molecule has 1 aliphatic rings. The molecule has 0 spiro atoms. The van der Waals surface area contributed by atoms with E-state index in [4.69, 9.17) is 0 Å². The molecule has 0 bridgehead atoms. The molecule has 2 atom stereocenters. The van der Waals surface area contributed by atoms with Crippen LogP contribution in [0.2, 0.25) is 0 Å². The summed E-state index contributed by atoms with van der Waals surface area (Å²) in [4.78, 5) is 15.3. The van der Waals surface area contributed by atoms with Crippen molar-refractivity contribution in [3.05, 3.63) is 102 Å². The summed E-state index contributed by atoms with van der Waals surface area (Å²) in [7, 11) is 0. The fourth-order valence-corrected chi connectivity index (χ4v) is 3.72. The first kappa shape index (κ1) is 15.6. The van der Waals surface area contributed by atoms with Crippen LogP contribution < -0.4 is 4.90 Å². The zero-order valence-electron chi connectivity index (χ0n) is 14.3. The van der Waals surface area contributed by atoms with Crippen molar-refractivity contribution in [1.82, 2.24) is 0 Å². The quantitative estimate of drug-likeness (QED) is 0.654. The zero-order chi connectivity index (χ0) is 17.2. The molecule has 0 aliphatic carbocycles. The number of hydrogen-bond donors (Lipinski definition) is 0. The molecule has 3 aromatic carbocycles. The van der Waals surface area contributed by atoms with Crippen molar-refractivity contribution in [2.75, 3.05) is 4.90 Å². The molecule has 0 radical (unpaired) electrons. The van der Waals surface area contributed by atoms with E-state index in [-0.39, 0.29) is 17.9 Å². The number of carbonyl (C=O) groups is 1. The van der Waals surface area contributed by atoms with Gasteiger partial charge in [-0.1, -0.05) is 78.4 Å². The molecule has 0 amide bonds. The lowest BCUT2D eigenvalue weighted by Gasteiger charge is -2.32. The molecule has 0 N–H and O–H groups in total. The van der Waals surface area contributed by atoms with Gasteiger partial charge in [-0.2, -0.15) is 0 Å². The average molecular weight is 327 g/mol. The van der Waals surface area contributed by atoms with Crippen molar-refractivity contribution in [2.24, 2.45) is 0 Å². The highest BCUT2D eigenvalue weighted by Crippen LogP contribution is 2.44. The van der Waals surface area contributed by atoms with Crippen molar-refractivity contribution in [3.63, 3.8) is 0 Å². The van der Waals surface area contributed by atoms with Gasteiger partial charge >= 0.3 is 0 Å². The fraction of sp³-hybridized carbons (Fsp3) is 0.174. The number of anilines is 1. The maximum Gasteiger partial charge on any atom is 0.162 e. The molecular formula is C23H21NO. The zero-order valence-corrected chi connectivity index (χ0v) is 14.3. The van der Waals surface area contributed by atoms with Gasteiger partial charge in [-0.3, -0.25) is 4.79 Å². The van der Waals surface area contributed by atoms with Gasteiger partial charge in [0.05, 0.1) is 6.04 Å². The van der Waals surface area contributed by atoms with Crippen LogP contribution in [0.25, 0.3) is 0 Å². The summed E-state index contributed by atoms with van der Waals surface area (Å²) in [6.45, 7) is 2.09. The maximum atomic E-state index is 13.0. The first-order valence-corrected chi connectivity index (χ1v) is 8.71. The van der Waals surface area contributed by atoms with E-state index in [1.165, 1.54) is 11.1 Å². The fourth-order valence-electron chi connectivity index (χ4n) is 3.72. The van der Waals surface area contributed by atoms with E-state index in [0.717, 1.165) is 11.3 Å². The minimum atomic E-state index is -0.228. The van der Waals surface area contributed by atoms with Crippen LogP contribution in [0.15, 0.2) is 84.9 Å². The Morgan fingerprint density at radius 3 is 1.92 bits per heavy atom. The molecule has 25 heavy (non-hydrogen) atoms. The minimum absolute atomic E-state index is 0.0709. The lowest BCUT2D eigenvalue weighted by molar-refractivity contribution is -0.118. The lowest BCUT2D eigenvalue weighted by Crippen LogP contribution is -2.27. The second kappa shape index (κ2) is 6.56. The van der Waals surface area contributed by atoms with Gasteiger partial charge in [-0.15, -0.1) is 0 Å².